The van der Waals surface area contributed by atoms with Crippen molar-refractivity contribution in [1.29, 1.82) is 0 Å². The molecule has 2 aromatic carbocycles. The molecule has 1 aromatic heterocycles. The fourth-order valence-corrected chi connectivity index (χ4v) is 4.06. The highest BCUT2D eigenvalue weighted by Crippen LogP contribution is 2.32. The SMILES string of the molecule is CCOc1ccc(C(=O)N[C@H](C(=O)Nc2c(C(=O)N3CCOCC3)oc3ccccc23)C(C)C)cc1. The van der Waals surface area contributed by atoms with Crippen LogP contribution in [0.25, 0.3) is 11.0 Å². The largest absolute Gasteiger partial charge is 0.494 e. The van der Waals surface area contributed by atoms with Crippen LogP contribution < -0.4 is 15.4 Å². The zero-order valence-electron chi connectivity index (χ0n) is 20.7. The lowest BCUT2D eigenvalue weighted by molar-refractivity contribution is -0.118. The Balaban J connectivity index is 1.56. The Morgan fingerprint density at radius 1 is 1.03 bits per heavy atom. The number of benzene rings is 2. The molecule has 0 aliphatic carbocycles. The Morgan fingerprint density at radius 3 is 2.39 bits per heavy atom. The molecule has 4 rings (SSSR count). The van der Waals surface area contributed by atoms with E-state index in [1.54, 1.807) is 47.4 Å². The monoisotopic (exact) mass is 493 g/mol. The van der Waals surface area contributed by atoms with Crippen molar-refractivity contribution in [3.8, 4) is 5.75 Å². The summed E-state index contributed by atoms with van der Waals surface area (Å²) in [5.74, 6) is -0.624. The van der Waals surface area contributed by atoms with Gasteiger partial charge in [0.25, 0.3) is 11.8 Å². The van der Waals surface area contributed by atoms with Crippen molar-refractivity contribution in [1.82, 2.24) is 10.2 Å². The van der Waals surface area contributed by atoms with Gasteiger partial charge in [-0.3, -0.25) is 14.4 Å². The van der Waals surface area contributed by atoms with E-state index in [0.29, 0.717) is 60.9 Å². The second kappa shape index (κ2) is 11.3. The maximum absolute atomic E-state index is 13.4. The molecule has 1 saturated heterocycles. The van der Waals surface area contributed by atoms with Gasteiger partial charge in [0.15, 0.2) is 0 Å². The number of carbonyl (C=O) groups excluding carboxylic acids is 3. The van der Waals surface area contributed by atoms with Gasteiger partial charge in [-0.2, -0.15) is 0 Å². The number of hydrogen-bond acceptors (Lipinski definition) is 6. The zero-order valence-corrected chi connectivity index (χ0v) is 20.7. The molecular formula is C27H31N3O6. The van der Waals surface area contributed by atoms with Crippen LogP contribution in [0.1, 0.15) is 41.7 Å². The molecule has 2 heterocycles. The van der Waals surface area contributed by atoms with Crippen LogP contribution in [0.4, 0.5) is 5.69 Å². The number of fused-ring (bicyclic) bond motifs is 1. The molecule has 1 fully saturated rings. The minimum atomic E-state index is -0.843. The molecule has 0 radical (unpaired) electrons. The van der Waals surface area contributed by atoms with Gasteiger partial charge in [-0.15, -0.1) is 0 Å². The zero-order chi connectivity index (χ0) is 25.7. The fourth-order valence-electron chi connectivity index (χ4n) is 4.06. The Hall–Kier alpha value is -3.85. The molecule has 3 aromatic rings. The van der Waals surface area contributed by atoms with E-state index in [9.17, 15) is 14.4 Å². The first-order valence-corrected chi connectivity index (χ1v) is 12.1. The van der Waals surface area contributed by atoms with Gasteiger partial charge in [0.1, 0.15) is 23.1 Å². The van der Waals surface area contributed by atoms with E-state index in [-0.39, 0.29) is 23.5 Å². The van der Waals surface area contributed by atoms with Gasteiger partial charge >= 0.3 is 0 Å². The maximum Gasteiger partial charge on any atom is 0.291 e. The summed E-state index contributed by atoms with van der Waals surface area (Å²) >= 11 is 0. The number of anilines is 1. The Kier molecular flexibility index (Phi) is 7.90. The molecule has 36 heavy (non-hydrogen) atoms. The summed E-state index contributed by atoms with van der Waals surface area (Å²) in [5, 5.41) is 6.31. The van der Waals surface area contributed by atoms with Crippen molar-refractivity contribution in [3.05, 3.63) is 59.9 Å². The van der Waals surface area contributed by atoms with Crippen LogP contribution in [0.5, 0.6) is 5.75 Å². The van der Waals surface area contributed by atoms with E-state index in [4.69, 9.17) is 13.9 Å². The predicted octanol–water partition coefficient (Wildman–Crippen LogP) is 3.70. The highest BCUT2D eigenvalue weighted by atomic mass is 16.5. The number of ether oxygens (including phenoxy) is 2. The number of furan rings is 1. The molecule has 0 spiro atoms. The van der Waals surface area contributed by atoms with Crippen LogP contribution in [0, 0.1) is 5.92 Å². The quantitative estimate of drug-likeness (QED) is 0.495. The molecule has 9 heteroatoms. The molecule has 1 atom stereocenters. The molecule has 0 saturated carbocycles. The summed E-state index contributed by atoms with van der Waals surface area (Å²) in [4.78, 5) is 41.2. The maximum atomic E-state index is 13.4. The highest BCUT2D eigenvalue weighted by Gasteiger charge is 2.31. The highest BCUT2D eigenvalue weighted by molar-refractivity contribution is 6.12. The third-order valence-corrected chi connectivity index (χ3v) is 6.00. The summed E-state index contributed by atoms with van der Waals surface area (Å²) in [6, 6.07) is 13.0. The van der Waals surface area contributed by atoms with Crippen LogP contribution >= 0.6 is 0 Å². The van der Waals surface area contributed by atoms with Crippen LogP contribution in [-0.4, -0.2) is 61.6 Å². The molecule has 2 N–H and O–H groups in total. The van der Waals surface area contributed by atoms with Crippen molar-refractivity contribution < 1.29 is 28.3 Å². The Bertz CT molecular complexity index is 1230. The normalized spacial score (nSPS) is 14.5. The van der Waals surface area contributed by atoms with Crippen LogP contribution in [0.3, 0.4) is 0 Å². The van der Waals surface area contributed by atoms with Crippen LogP contribution in [0.2, 0.25) is 0 Å². The summed E-state index contributed by atoms with van der Waals surface area (Å²) in [7, 11) is 0. The first kappa shape index (κ1) is 25.2. The first-order chi connectivity index (χ1) is 17.4. The van der Waals surface area contributed by atoms with Crippen LogP contribution in [-0.2, 0) is 9.53 Å². The minimum Gasteiger partial charge on any atom is -0.494 e. The fraction of sp³-hybridized carbons (Fsp3) is 0.370. The third kappa shape index (κ3) is 5.52. The molecule has 9 nitrogen and oxygen atoms in total. The molecule has 3 amide bonds. The van der Waals surface area contributed by atoms with Gasteiger partial charge in [0, 0.05) is 24.0 Å². The summed E-state index contributed by atoms with van der Waals surface area (Å²) in [6.45, 7) is 7.87. The average molecular weight is 494 g/mol. The second-order valence-corrected chi connectivity index (χ2v) is 8.85. The van der Waals surface area contributed by atoms with Crippen molar-refractivity contribution in [2.45, 2.75) is 26.8 Å². The van der Waals surface area contributed by atoms with E-state index in [1.807, 2.05) is 26.8 Å². The smallest absolute Gasteiger partial charge is 0.291 e. The first-order valence-electron chi connectivity index (χ1n) is 12.1. The topological polar surface area (TPSA) is 110 Å². The number of nitrogens with one attached hydrogen (secondary N) is 2. The van der Waals surface area contributed by atoms with E-state index in [0.717, 1.165) is 0 Å². The number of rotatable bonds is 8. The lowest BCUT2D eigenvalue weighted by Gasteiger charge is -2.26. The van der Waals surface area contributed by atoms with Crippen LogP contribution in [0.15, 0.2) is 52.9 Å². The summed E-state index contributed by atoms with van der Waals surface area (Å²) in [5.41, 5.74) is 1.20. The molecular weight excluding hydrogens is 462 g/mol. The van der Waals surface area contributed by atoms with Gasteiger partial charge in [-0.1, -0.05) is 26.0 Å². The van der Waals surface area contributed by atoms with E-state index in [2.05, 4.69) is 10.6 Å². The van der Waals surface area contributed by atoms with Gasteiger partial charge in [-0.05, 0) is 49.2 Å². The minimum absolute atomic E-state index is 0.0618. The van der Waals surface area contributed by atoms with Gasteiger partial charge < -0.3 is 29.4 Å². The Morgan fingerprint density at radius 2 is 1.72 bits per heavy atom. The van der Waals surface area contributed by atoms with E-state index in [1.165, 1.54) is 0 Å². The summed E-state index contributed by atoms with van der Waals surface area (Å²) < 4.78 is 16.7. The standard InChI is InChI=1S/C27H31N3O6/c1-4-35-19-11-9-18(10-12-19)25(31)28-22(17(2)3)26(32)29-23-20-7-5-6-8-21(20)36-24(23)27(33)30-13-15-34-16-14-30/h5-12,17,22H,4,13-16H2,1-3H3,(H,28,31)(H,29,32)/t22-/m0/s1. The molecule has 0 unspecified atom stereocenters. The molecule has 190 valence electrons. The second-order valence-electron chi connectivity index (χ2n) is 8.85. The van der Waals surface area contributed by atoms with Gasteiger partial charge in [0.05, 0.1) is 19.8 Å². The van der Waals surface area contributed by atoms with Crippen molar-refractivity contribution in [2.75, 3.05) is 38.2 Å². The number of para-hydroxylation sites is 1. The number of nitrogens with zero attached hydrogens (tertiary/aromatic N) is 1. The Labute approximate surface area is 209 Å². The molecule has 1 aliphatic heterocycles. The van der Waals surface area contributed by atoms with Crippen molar-refractivity contribution in [2.24, 2.45) is 5.92 Å². The number of carbonyl (C=O) groups is 3. The summed E-state index contributed by atoms with van der Waals surface area (Å²) in [6.07, 6.45) is 0. The lowest BCUT2D eigenvalue weighted by atomic mass is 10.0. The lowest BCUT2D eigenvalue weighted by Crippen LogP contribution is -2.47. The third-order valence-electron chi connectivity index (χ3n) is 6.00. The molecule has 1 aliphatic rings. The van der Waals surface area contributed by atoms with Crippen molar-refractivity contribution >= 4 is 34.4 Å². The number of amides is 3. The van der Waals surface area contributed by atoms with Crippen molar-refractivity contribution in [3.63, 3.8) is 0 Å². The average Bonchev–Trinajstić information content (AvgIpc) is 3.25. The van der Waals surface area contributed by atoms with E-state index < -0.39 is 11.9 Å². The predicted molar refractivity (Wildman–Crippen MR) is 135 cm³/mol. The number of morpholine rings is 1. The van der Waals surface area contributed by atoms with E-state index >= 15 is 0 Å². The number of hydrogen-bond donors (Lipinski definition) is 2. The molecule has 0 bridgehead atoms. The van der Waals surface area contributed by atoms with Gasteiger partial charge in [0.2, 0.25) is 11.7 Å². The van der Waals surface area contributed by atoms with Gasteiger partial charge in [-0.25, -0.2) is 0 Å².